The fourth-order valence-electron chi connectivity index (χ4n) is 1.39. The van der Waals surface area contributed by atoms with Crippen LogP contribution in [0.4, 0.5) is 23.2 Å². The maximum Gasteiger partial charge on any atom is 0.384 e. The molecule has 0 saturated heterocycles. The SMILES string of the molecule is O=C(CCl)CN(C(=O)C(F)(F)C(F)F)c1ccc(Cl)cc1. The number of halogens is 6. The molecule has 0 fully saturated rings. The van der Waals surface area contributed by atoms with Gasteiger partial charge in [0.15, 0.2) is 5.78 Å². The summed E-state index contributed by atoms with van der Waals surface area (Å²) < 4.78 is 51.0. The zero-order valence-corrected chi connectivity index (χ0v) is 11.8. The summed E-state index contributed by atoms with van der Waals surface area (Å²) in [6.07, 6.45) is -4.19. The van der Waals surface area contributed by atoms with Gasteiger partial charge in [0.25, 0.3) is 0 Å². The summed E-state index contributed by atoms with van der Waals surface area (Å²) in [7, 11) is 0. The van der Waals surface area contributed by atoms with Gasteiger partial charge >= 0.3 is 18.3 Å². The van der Waals surface area contributed by atoms with Gasteiger partial charge in [-0.2, -0.15) is 8.78 Å². The summed E-state index contributed by atoms with van der Waals surface area (Å²) >= 11 is 10.9. The van der Waals surface area contributed by atoms with E-state index in [1.54, 1.807) is 0 Å². The molecule has 0 saturated carbocycles. The van der Waals surface area contributed by atoms with Crippen molar-refractivity contribution < 1.29 is 27.2 Å². The van der Waals surface area contributed by atoms with E-state index in [9.17, 15) is 27.2 Å². The number of ketones is 1. The zero-order valence-electron chi connectivity index (χ0n) is 10.3. The molecule has 0 bridgehead atoms. The number of hydrogen-bond donors (Lipinski definition) is 0. The molecule has 1 aromatic rings. The highest BCUT2D eigenvalue weighted by atomic mass is 35.5. The van der Waals surface area contributed by atoms with Gasteiger partial charge in [0, 0.05) is 10.7 Å². The Morgan fingerprint density at radius 2 is 1.71 bits per heavy atom. The number of alkyl halides is 5. The molecular weight excluding hydrogens is 337 g/mol. The van der Waals surface area contributed by atoms with E-state index in [-0.39, 0.29) is 15.6 Å². The lowest BCUT2D eigenvalue weighted by Gasteiger charge is -2.26. The zero-order chi connectivity index (χ0) is 16.2. The van der Waals surface area contributed by atoms with Crippen LogP contribution in [0.5, 0.6) is 0 Å². The lowest BCUT2D eigenvalue weighted by atomic mass is 10.2. The van der Waals surface area contributed by atoms with Crippen LogP contribution in [0.2, 0.25) is 5.02 Å². The van der Waals surface area contributed by atoms with Gasteiger partial charge in [0.05, 0.1) is 12.4 Å². The third-order valence-electron chi connectivity index (χ3n) is 2.43. The monoisotopic (exact) mass is 345 g/mol. The molecule has 0 heterocycles. The largest absolute Gasteiger partial charge is 0.384 e. The highest BCUT2D eigenvalue weighted by molar-refractivity contribution is 6.30. The second-order valence-corrected chi connectivity index (χ2v) is 4.67. The van der Waals surface area contributed by atoms with Gasteiger partial charge in [0.2, 0.25) is 0 Å². The van der Waals surface area contributed by atoms with Crippen LogP contribution in [-0.2, 0) is 9.59 Å². The molecule has 3 nitrogen and oxygen atoms in total. The van der Waals surface area contributed by atoms with Gasteiger partial charge < -0.3 is 0 Å². The maximum atomic E-state index is 13.2. The Morgan fingerprint density at radius 1 is 1.19 bits per heavy atom. The Balaban J connectivity index is 3.16. The fourth-order valence-corrected chi connectivity index (χ4v) is 1.60. The highest BCUT2D eigenvalue weighted by Gasteiger charge is 2.51. The lowest BCUT2D eigenvalue weighted by Crippen LogP contribution is -2.49. The van der Waals surface area contributed by atoms with E-state index in [1.807, 2.05) is 0 Å². The number of Topliss-reactive ketones (excluding diaryl/α,β-unsaturated/α-hetero) is 1. The van der Waals surface area contributed by atoms with Crippen molar-refractivity contribution in [2.24, 2.45) is 0 Å². The number of carbonyl (C=O) groups is 2. The molecule has 0 N–H and O–H groups in total. The molecule has 0 aliphatic heterocycles. The van der Waals surface area contributed by atoms with Crippen LogP contribution >= 0.6 is 23.2 Å². The number of carbonyl (C=O) groups excluding carboxylic acids is 2. The van der Waals surface area contributed by atoms with Crippen molar-refractivity contribution in [3.63, 3.8) is 0 Å². The molecule has 116 valence electrons. The summed E-state index contributed by atoms with van der Waals surface area (Å²) in [6.45, 7) is -0.841. The summed E-state index contributed by atoms with van der Waals surface area (Å²) in [5, 5.41) is 0.246. The Kier molecular flexibility index (Phi) is 5.98. The van der Waals surface area contributed by atoms with Crippen molar-refractivity contribution in [2.75, 3.05) is 17.3 Å². The Morgan fingerprint density at radius 3 is 2.14 bits per heavy atom. The van der Waals surface area contributed by atoms with Gasteiger partial charge in [-0.15, -0.1) is 11.6 Å². The fraction of sp³-hybridized carbons (Fsp3) is 0.333. The van der Waals surface area contributed by atoms with Gasteiger partial charge in [-0.05, 0) is 24.3 Å². The normalized spacial score (nSPS) is 11.6. The molecule has 0 atom stereocenters. The van der Waals surface area contributed by atoms with Crippen LogP contribution in [0, 0.1) is 0 Å². The first-order valence-corrected chi connectivity index (χ1v) is 6.42. The molecular formula is C12H9Cl2F4NO2. The summed E-state index contributed by atoms with van der Waals surface area (Å²) in [5.41, 5.74) is -0.164. The number of benzene rings is 1. The molecule has 1 amide bonds. The lowest BCUT2D eigenvalue weighted by molar-refractivity contribution is -0.166. The quantitative estimate of drug-likeness (QED) is 0.585. The molecule has 0 aromatic heterocycles. The Labute approximate surface area is 127 Å². The first-order chi connectivity index (χ1) is 9.70. The molecule has 1 aromatic carbocycles. The van der Waals surface area contributed by atoms with E-state index < -0.39 is 36.5 Å². The molecule has 0 aliphatic rings. The average molecular weight is 346 g/mol. The van der Waals surface area contributed by atoms with E-state index >= 15 is 0 Å². The third-order valence-corrected chi connectivity index (χ3v) is 2.98. The molecule has 0 radical (unpaired) electrons. The second kappa shape index (κ2) is 7.09. The van der Waals surface area contributed by atoms with Crippen molar-refractivity contribution in [1.82, 2.24) is 0 Å². The number of hydrogen-bond acceptors (Lipinski definition) is 2. The Hall–Kier alpha value is -1.34. The minimum Gasteiger partial charge on any atom is -0.300 e. The summed E-state index contributed by atoms with van der Waals surface area (Å²) in [4.78, 5) is 23.1. The van der Waals surface area contributed by atoms with Gasteiger partial charge in [0.1, 0.15) is 0 Å². The van der Waals surface area contributed by atoms with Crippen LogP contribution in [0.1, 0.15) is 0 Å². The molecule has 0 unspecified atom stereocenters. The van der Waals surface area contributed by atoms with E-state index in [0.29, 0.717) is 0 Å². The van der Waals surface area contributed by atoms with E-state index in [1.165, 1.54) is 12.1 Å². The van der Waals surface area contributed by atoms with E-state index in [2.05, 4.69) is 0 Å². The van der Waals surface area contributed by atoms with Crippen molar-refractivity contribution in [2.45, 2.75) is 12.3 Å². The molecule has 1 rings (SSSR count). The van der Waals surface area contributed by atoms with Crippen LogP contribution in [0.3, 0.4) is 0 Å². The molecule has 21 heavy (non-hydrogen) atoms. The van der Waals surface area contributed by atoms with Gasteiger partial charge in [-0.1, -0.05) is 11.6 Å². The predicted molar refractivity (Wildman–Crippen MR) is 70.5 cm³/mol. The number of amides is 1. The summed E-state index contributed by atoms with van der Waals surface area (Å²) in [6, 6.07) is 4.85. The van der Waals surface area contributed by atoms with E-state index in [0.717, 1.165) is 12.1 Å². The standard InChI is InChI=1S/C12H9Cl2F4NO2/c13-5-9(20)6-19(8-3-1-7(14)2-4-8)11(21)12(17,18)10(15)16/h1-4,10H,5-6H2. The number of nitrogens with zero attached hydrogens (tertiary/aromatic N) is 1. The van der Waals surface area contributed by atoms with Crippen LogP contribution < -0.4 is 4.90 Å². The minimum atomic E-state index is -4.91. The smallest absolute Gasteiger partial charge is 0.300 e. The molecule has 0 aliphatic carbocycles. The van der Waals surface area contributed by atoms with Crippen molar-refractivity contribution in [3.05, 3.63) is 29.3 Å². The van der Waals surface area contributed by atoms with Crippen LogP contribution in [0.25, 0.3) is 0 Å². The minimum absolute atomic E-state index is 0.164. The van der Waals surface area contributed by atoms with Gasteiger partial charge in [-0.25, -0.2) is 8.78 Å². The van der Waals surface area contributed by atoms with Crippen molar-refractivity contribution in [1.29, 1.82) is 0 Å². The molecule has 0 spiro atoms. The van der Waals surface area contributed by atoms with Crippen molar-refractivity contribution >= 4 is 40.6 Å². The highest BCUT2D eigenvalue weighted by Crippen LogP contribution is 2.28. The van der Waals surface area contributed by atoms with Crippen LogP contribution in [0.15, 0.2) is 24.3 Å². The molecule has 9 heteroatoms. The van der Waals surface area contributed by atoms with Gasteiger partial charge in [-0.3, -0.25) is 14.5 Å². The topological polar surface area (TPSA) is 37.4 Å². The van der Waals surface area contributed by atoms with Crippen LogP contribution in [-0.4, -0.2) is 36.5 Å². The third kappa shape index (κ3) is 4.31. The van der Waals surface area contributed by atoms with E-state index in [4.69, 9.17) is 23.2 Å². The number of anilines is 1. The first kappa shape index (κ1) is 17.7. The average Bonchev–Trinajstić information content (AvgIpc) is 2.44. The summed E-state index contributed by atoms with van der Waals surface area (Å²) in [5.74, 6) is -8.41. The van der Waals surface area contributed by atoms with Crippen molar-refractivity contribution in [3.8, 4) is 0 Å². The Bertz CT molecular complexity index is 522. The predicted octanol–water partition coefficient (Wildman–Crippen LogP) is 3.38. The number of rotatable bonds is 6. The maximum absolute atomic E-state index is 13.2. The first-order valence-electron chi connectivity index (χ1n) is 5.51. The second-order valence-electron chi connectivity index (χ2n) is 3.96.